The summed E-state index contributed by atoms with van der Waals surface area (Å²) in [6.45, 7) is 2.09. The van der Waals surface area contributed by atoms with Crippen molar-refractivity contribution in [3.63, 3.8) is 0 Å². The maximum Gasteiger partial charge on any atom is 0.417 e. The Hall–Kier alpha value is -3.23. The summed E-state index contributed by atoms with van der Waals surface area (Å²) in [5.41, 5.74) is -0.0541. The van der Waals surface area contributed by atoms with Gasteiger partial charge >= 0.3 is 6.18 Å². The number of hydrogen-bond donors (Lipinski definition) is 0. The van der Waals surface area contributed by atoms with Crippen molar-refractivity contribution in [2.45, 2.75) is 12.6 Å². The SMILES string of the molecule is COc1ccc(OC)c(/C=C/C(=O)N2CCCN(c3ccc(C(F)(F)F)cn3)CC2)c1. The number of alkyl halides is 3. The van der Waals surface area contributed by atoms with Gasteiger partial charge < -0.3 is 19.3 Å². The number of halogens is 3. The van der Waals surface area contributed by atoms with Crippen LogP contribution in [0.3, 0.4) is 0 Å². The van der Waals surface area contributed by atoms with Crippen molar-refractivity contribution >= 4 is 17.8 Å². The number of anilines is 1. The molecule has 3 rings (SSSR count). The van der Waals surface area contributed by atoms with E-state index in [9.17, 15) is 18.0 Å². The fourth-order valence-electron chi connectivity index (χ4n) is 3.34. The Balaban J connectivity index is 1.64. The number of amides is 1. The maximum absolute atomic E-state index is 12.7. The molecule has 9 heteroatoms. The lowest BCUT2D eigenvalue weighted by Crippen LogP contribution is -2.34. The molecule has 6 nitrogen and oxygen atoms in total. The van der Waals surface area contributed by atoms with Gasteiger partial charge in [0.1, 0.15) is 17.3 Å². The van der Waals surface area contributed by atoms with Gasteiger partial charge in [0.25, 0.3) is 0 Å². The van der Waals surface area contributed by atoms with Gasteiger partial charge in [0.2, 0.25) is 5.91 Å². The lowest BCUT2D eigenvalue weighted by molar-refractivity contribution is -0.137. The van der Waals surface area contributed by atoms with Crippen molar-refractivity contribution in [2.24, 2.45) is 0 Å². The van der Waals surface area contributed by atoms with Crippen LogP contribution in [-0.2, 0) is 11.0 Å². The summed E-state index contributed by atoms with van der Waals surface area (Å²) in [5, 5.41) is 0. The summed E-state index contributed by atoms with van der Waals surface area (Å²) in [7, 11) is 3.12. The molecule has 0 N–H and O–H groups in total. The molecule has 0 atom stereocenters. The Morgan fingerprint density at radius 1 is 1.06 bits per heavy atom. The first-order chi connectivity index (χ1) is 14.8. The summed E-state index contributed by atoms with van der Waals surface area (Å²) in [4.78, 5) is 20.2. The molecule has 0 saturated carbocycles. The van der Waals surface area contributed by atoms with Crippen molar-refractivity contribution < 1.29 is 27.4 Å². The van der Waals surface area contributed by atoms with E-state index in [0.29, 0.717) is 49.9 Å². The van der Waals surface area contributed by atoms with Crippen LogP contribution in [0.5, 0.6) is 11.5 Å². The minimum atomic E-state index is -4.41. The van der Waals surface area contributed by atoms with Gasteiger partial charge in [0, 0.05) is 44.0 Å². The van der Waals surface area contributed by atoms with Crippen LogP contribution in [0.25, 0.3) is 6.08 Å². The number of rotatable bonds is 5. The van der Waals surface area contributed by atoms with Crippen molar-refractivity contribution in [3.05, 3.63) is 53.7 Å². The van der Waals surface area contributed by atoms with Gasteiger partial charge in [0.05, 0.1) is 19.8 Å². The normalized spacial score (nSPS) is 15.1. The van der Waals surface area contributed by atoms with E-state index >= 15 is 0 Å². The minimum absolute atomic E-state index is 0.146. The summed E-state index contributed by atoms with van der Waals surface area (Å²) in [5.74, 6) is 1.61. The molecular weight excluding hydrogens is 411 g/mol. The fourth-order valence-corrected chi connectivity index (χ4v) is 3.34. The average Bonchev–Trinajstić information content (AvgIpc) is 3.03. The van der Waals surface area contributed by atoms with E-state index in [1.807, 2.05) is 4.90 Å². The molecule has 0 bridgehead atoms. The molecule has 0 radical (unpaired) electrons. The van der Waals surface area contributed by atoms with Gasteiger partial charge in [-0.2, -0.15) is 13.2 Å². The zero-order chi connectivity index (χ0) is 22.4. The second-order valence-corrected chi connectivity index (χ2v) is 7.01. The molecule has 0 unspecified atom stereocenters. The minimum Gasteiger partial charge on any atom is -0.497 e. The zero-order valence-electron chi connectivity index (χ0n) is 17.4. The second kappa shape index (κ2) is 9.72. The number of pyridine rings is 1. The topological polar surface area (TPSA) is 54.9 Å². The Bertz CT molecular complexity index is 930. The lowest BCUT2D eigenvalue weighted by atomic mass is 10.1. The summed E-state index contributed by atoms with van der Waals surface area (Å²) in [6, 6.07) is 7.72. The molecule has 1 fully saturated rings. The van der Waals surface area contributed by atoms with Crippen molar-refractivity contribution in [1.82, 2.24) is 9.88 Å². The molecule has 0 spiro atoms. The zero-order valence-corrected chi connectivity index (χ0v) is 17.4. The quantitative estimate of drug-likeness (QED) is 0.668. The smallest absolute Gasteiger partial charge is 0.417 e. The standard InChI is InChI=1S/C22H24F3N3O3/c1-30-18-6-7-19(31-2)16(14-18)4-9-21(29)28-11-3-10-27(12-13-28)20-8-5-17(15-26-20)22(23,24)25/h4-9,14-15H,3,10-13H2,1-2H3/b9-4+. The second-order valence-electron chi connectivity index (χ2n) is 7.01. The molecule has 166 valence electrons. The van der Waals surface area contributed by atoms with Gasteiger partial charge in [0.15, 0.2) is 0 Å². The van der Waals surface area contributed by atoms with E-state index in [0.717, 1.165) is 17.8 Å². The van der Waals surface area contributed by atoms with E-state index in [-0.39, 0.29) is 5.91 Å². The molecule has 1 saturated heterocycles. The van der Waals surface area contributed by atoms with Crippen molar-refractivity contribution in [1.29, 1.82) is 0 Å². The third-order valence-corrected chi connectivity index (χ3v) is 5.05. The van der Waals surface area contributed by atoms with Crippen molar-refractivity contribution in [3.8, 4) is 11.5 Å². The average molecular weight is 435 g/mol. The number of carbonyl (C=O) groups is 1. The van der Waals surface area contributed by atoms with Crippen LogP contribution in [-0.4, -0.2) is 56.2 Å². The van der Waals surface area contributed by atoms with Gasteiger partial charge in [-0.1, -0.05) is 0 Å². The van der Waals surface area contributed by atoms with E-state index in [1.54, 1.807) is 43.4 Å². The first-order valence-corrected chi connectivity index (χ1v) is 9.79. The number of methoxy groups -OCH3 is 2. The Kier molecular flexibility index (Phi) is 7.04. The number of aromatic nitrogens is 1. The van der Waals surface area contributed by atoms with E-state index in [1.165, 1.54) is 12.1 Å². The highest BCUT2D eigenvalue weighted by molar-refractivity contribution is 5.92. The Morgan fingerprint density at radius 2 is 1.87 bits per heavy atom. The number of ether oxygens (including phenoxy) is 2. The highest BCUT2D eigenvalue weighted by Gasteiger charge is 2.31. The largest absolute Gasteiger partial charge is 0.497 e. The number of nitrogens with zero attached hydrogens (tertiary/aromatic N) is 3. The fraction of sp³-hybridized carbons (Fsp3) is 0.364. The van der Waals surface area contributed by atoms with Gasteiger partial charge in [-0.25, -0.2) is 4.98 Å². The highest BCUT2D eigenvalue weighted by atomic mass is 19.4. The number of carbonyl (C=O) groups excluding carboxylic acids is 1. The molecule has 2 heterocycles. The molecule has 1 aromatic carbocycles. The predicted octanol–water partition coefficient (Wildman–Crippen LogP) is 3.87. The Morgan fingerprint density at radius 3 is 2.52 bits per heavy atom. The van der Waals surface area contributed by atoms with Crippen LogP contribution in [0.4, 0.5) is 19.0 Å². The van der Waals surface area contributed by atoms with Gasteiger partial charge in [-0.15, -0.1) is 0 Å². The Labute approximate surface area is 178 Å². The first kappa shape index (κ1) is 22.5. The molecule has 2 aromatic rings. The van der Waals surface area contributed by atoms with Crippen LogP contribution < -0.4 is 14.4 Å². The first-order valence-electron chi connectivity index (χ1n) is 9.79. The maximum atomic E-state index is 12.7. The predicted molar refractivity (Wildman–Crippen MR) is 111 cm³/mol. The molecule has 1 aromatic heterocycles. The van der Waals surface area contributed by atoms with Gasteiger partial charge in [-0.3, -0.25) is 4.79 Å². The molecule has 31 heavy (non-hydrogen) atoms. The van der Waals surface area contributed by atoms with Gasteiger partial charge in [-0.05, 0) is 42.8 Å². The molecule has 0 aliphatic carbocycles. The summed E-state index contributed by atoms with van der Waals surface area (Å²) >= 11 is 0. The van der Waals surface area contributed by atoms with Crippen LogP contribution >= 0.6 is 0 Å². The number of benzene rings is 1. The van der Waals surface area contributed by atoms with E-state index in [4.69, 9.17) is 9.47 Å². The van der Waals surface area contributed by atoms with E-state index in [2.05, 4.69) is 4.98 Å². The monoisotopic (exact) mass is 435 g/mol. The summed E-state index contributed by atoms with van der Waals surface area (Å²) < 4.78 is 48.7. The van der Waals surface area contributed by atoms with Crippen molar-refractivity contribution in [2.75, 3.05) is 45.3 Å². The third-order valence-electron chi connectivity index (χ3n) is 5.05. The van der Waals surface area contributed by atoms with Crippen LogP contribution in [0, 0.1) is 0 Å². The summed E-state index contributed by atoms with van der Waals surface area (Å²) in [6.07, 6.45) is 0.288. The van der Waals surface area contributed by atoms with Crippen LogP contribution in [0.2, 0.25) is 0 Å². The highest BCUT2D eigenvalue weighted by Crippen LogP contribution is 2.29. The van der Waals surface area contributed by atoms with E-state index < -0.39 is 11.7 Å². The van der Waals surface area contributed by atoms with Crippen LogP contribution in [0.1, 0.15) is 17.5 Å². The lowest BCUT2D eigenvalue weighted by Gasteiger charge is -2.22. The molecular formula is C22H24F3N3O3. The molecule has 1 aliphatic rings. The molecule has 1 aliphatic heterocycles. The molecule has 1 amide bonds. The third kappa shape index (κ3) is 5.68. The van der Waals surface area contributed by atoms with Crippen LogP contribution in [0.15, 0.2) is 42.6 Å². The number of hydrogen-bond acceptors (Lipinski definition) is 5.